The molecule has 7 nitrogen and oxygen atoms in total. The van der Waals surface area contributed by atoms with E-state index in [9.17, 15) is 14.4 Å². The molecule has 0 aliphatic carbocycles. The molecule has 2 aromatic rings. The number of amides is 3. The maximum absolute atomic E-state index is 13.2. The van der Waals surface area contributed by atoms with E-state index in [4.69, 9.17) is 9.47 Å². The van der Waals surface area contributed by atoms with Gasteiger partial charge in [-0.05, 0) is 38.0 Å². The molecule has 0 unspecified atom stereocenters. The molecule has 3 amide bonds. The van der Waals surface area contributed by atoms with Gasteiger partial charge in [0.05, 0.1) is 12.1 Å². The Labute approximate surface area is 192 Å². The lowest BCUT2D eigenvalue weighted by Gasteiger charge is -2.48. The van der Waals surface area contributed by atoms with Gasteiger partial charge in [0.1, 0.15) is 18.4 Å². The molecule has 0 bridgehead atoms. The average molecular weight is 447 g/mol. The molecule has 2 heterocycles. The van der Waals surface area contributed by atoms with E-state index in [2.05, 4.69) is 0 Å². The van der Waals surface area contributed by atoms with Gasteiger partial charge in [0, 0.05) is 0 Å². The van der Waals surface area contributed by atoms with Crippen LogP contribution in [0.25, 0.3) is 0 Å². The quantitative estimate of drug-likeness (QED) is 0.467. The van der Waals surface area contributed by atoms with Gasteiger partial charge in [-0.3, -0.25) is 9.69 Å². The van der Waals surface area contributed by atoms with Crippen LogP contribution in [0.2, 0.25) is 0 Å². The normalized spacial score (nSPS) is 23.0. The van der Waals surface area contributed by atoms with Crippen LogP contribution in [0.15, 0.2) is 84.5 Å². The summed E-state index contributed by atoms with van der Waals surface area (Å²) in [5.41, 5.74) is 1.93. The number of cyclic esters (lactones) is 1. The molecule has 2 aliphatic rings. The largest absolute Gasteiger partial charge is 0.447 e. The van der Waals surface area contributed by atoms with Crippen LogP contribution in [0.5, 0.6) is 5.75 Å². The first-order valence-corrected chi connectivity index (χ1v) is 10.9. The highest BCUT2D eigenvalue weighted by Crippen LogP contribution is 2.38. The van der Waals surface area contributed by atoms with Gasteiger partial charge >= 0.3 is 12.2 Å². The van der Waals surface area contributed by atoms with Crippen molar-refractivity contribution in [2.75, 3.05) is 6.61 Å². The van der Waals surface area contributed by atoms with Gasteiger partial charge in [0.15, 0.2) is 0 Å². The van der Waals surface area contributed by atoms with Crippen molar-refractivity contribution >= 4 is 18.1 Å². The highest BCUT2D eigenvalue weighted by molar-refractivity contribution is 6.03. The van der Waals surface area contributed by atoms with Gasteiger partial charge in [0.2, 0.25) is 0 Å². The van der Waals surface area contributed by atoms with E-state index < -0.39 is 36.2 Å². The molecular weight excluding hydrogens is 420 g/mol. The molecule has 0 radical (unpaired) electrons. The minimum atomic E-state index is -0.816. The average Bonchev–Trinajstić information content (AvgIpc) is 3.20. The summed E-state index contributed by atoms with van der Waals surface area (Å²) in [6.07, 6.45) is 4.87. The summed E-state index contributed by atoms with van der Waals surface area (Å²) in [6.45, 7) is 4.05. The van der Waals surface area contributed by atoms with Crippen LogP contribution in [0.1, 0.15) is 31.9 Å². The number of benzene rings is 2. The molecule has 2 saturated heterocycles. The number of para-hydroxylation sites is 1. The summed E-state index contributed by atoms with van der Waals surface area (Å²) in [6, 6.07) is 16.2. The van der Waals surface area contributed by atoms with E-state index in [-0.39, 0.29) is 6.61 Å². The van der Waals surface area contributed by atoms with Crippen molar-refractivity contribution in [2.24, 2.45) is 0 Å². The minimum Gasteiger partial charge on any atom is -0.447 e. The number of rotatable bonds is 6. The first-order valence-electron chi connectivity index (χ1n) is 10.9. The molecule has 0 N–H and O–H groups in total. The van der Waals surface area contributed by atoms with Crippen molar-refractivity contribution in [1.29, 1.82) is 0 Å². The summed E-state index contributed by atoms with van der Waals surface area (Å²) in [5, 5.41) is 0. The number of likely N-dealkylation sites (tertiary alicyclic amines) is 1. The van der Waals surface area contributed by atoms with Crippen molar-refractivity contribution in [1.82, 2.24) is 9.80 Å². The van der Waals surface area contributed by atoms with E-state index in [1.165, 1.54) is 4.90 Å². The number of hydrogen-bond donors (Lipinski definition) is 0. The predicted molar refractivity (Wildman–Crippen MR) is 122 cm³/mol. The maximum atomic E-state index is 13.2. The first-order chi connectivity index (χ1) is 16.0. The summed E-state index contributed by atoms with van der Waals surface area (Å²) >= 11 is 0. The molecular formula is C26H26N2O5. The monoisotopic (exact) mass is 446 g/mol. The number of hydrogen-bond acceptors (Lipinski definition) is 5. The number of imide groups is 1. The van der Waals surface area contributed by atoms with Crippen LogP contribution in [-0.2, 0) is 9.53 Å². The molecule has 170 valence electrons. The predicted octanol–water partition coefficient (Wildman–Crippen LogP) is 4.87. The maximum Gasteiger partial charge on any atom is 0.422 e. The summed E-state index contributed by atoms with van der Waals surface area (Å²) in [4.78, 5) is 41.3. The zero-order valence-electron chi connectivity index (χ0n) is 18.6. The molecule has 7 heteroatoms. The molecule has 0 aromatic heterocycles. The fraction of sp³-hybridized carbons (Fsp3) is 0.269. The van der Waals surface area contributed by atoms with Crippen molar-refractivity contribution in [3.8, 4) is 5.75 Å². The molecule has 4 rings (SSSR count). The third-order valence-corrected chi connectivity index (χ3v) is 5.94. The van der Waals surface area contributed by atoms with Crippen molar-refractivity contribution in [2.45, 2.75) is 38.4 Å². The standard InChI is InChI=1S/C26H26N2O5/c1-3-18(2)11-10-16-21-23(24(29)28(21)26(31)33-20-14-8-5-9-15-20)27-22(17-32-25(27)30)19-12-6-4-7-13-19/h3-15,21-23H,16-17H2,1-2H3/b11-10+,18-3+/t21-,22-,23-/m1/s1. The van der Waals surface area contributed by atoms with E-state index in [0.717, 1.165) is 16.0 Å². The first kappa shape index (κ1) is 22.3. The second-order valence-corrected chi connectivity index (χ2v) is 7.98. The van der Waals surface area contributed by atoms with E-state index >= 15 is 0 Å². The lowest BCUT2D eigenvalue weighted by molar-refractivity contribution is -0.152. The lowest BCUT2D eigenvalue weighted by atomic mass is 9.89. The van der Waals surface area contributed by atoms with Crippen LogP contribution >= 0.6 is 0 Å². The zero-order valence-corrected chi connectivity index (χ0v) is 18.6. The lowest BCUT2D eigenvalue weighted by Crippen LogP contribution is -2.72. The summed E-state index contributed by atoms with van der Waals surface area (Å²) in [5.74, 6) is -0.127. The SMILES string of the molecule is C/C=C(C)/C=C/C[C@@H]1[C@@H](N2C(=O)OC[C@@H]2c2ccccc2)C(=O)N1C(=O)Oc1ccccc1. The van der Waals surface area contributed by atoms with Gasteiger partial charge in [-0.1, -0.05) is 72.3 Å². The van der Waals surface area contributed by atoms with Crippen LogP contribution < -0.4 is 4.74 Å². The van der Waals surface area contributed by atoms with Gasteiger partial charge in [-0.2, -0.15) is 0 Å². The number of carbonyl (C=O) groups excluding carboxylic acids is 3. The highest BCUT2D eigenvalue weighted by atomic mass is 16.6. The number of β-lactam (4-membered cyclic amide) rings is 1. The summed E-state index contributed by atoms with van der Waals surface area (Å²) < 4.78 is 10.7. The van der Waals surface area contributed by atoms with E-state index in [0.29, 0.717) is 12.2 Å². The van der Waals surface area contributed by atoms with Crippen LogP contribution in [0.3, 0.4) is 0 Å². The third-order valence-electron chi connectivity index (χ3n) is 5.94. The van der Waals surface area contributed by atoms with Gasteiger partial charge in [0.25, 0.3) is 5.91 Å². The number of allylic oxidation sites excluding steroid dienone is 3. The molecule has 3 atom stereocenters. The second kappa shape index (κ2) is 9.73. The Bertz CT molecular complexity index is 1080. The molecule has 33 heavy (non-hydrogen) atoms. The van der Waals surface area contributed by atoms with Gasteiger partial charge in [-0.25, -0.2) is 14.5 Å². The Hall–Kier alpha value is -3.87. The number of nitrogens with zero attached hydrogens (tertiary/aromatic N) is 2. The van der Waals surface area contributed by atoms with Gasteiger partial charge in [-0.15, -0.1) is 0 Å². The Kier molecular flexibility index (Phi) is 6.58. The van der Waals surface area contributed by atoms with Crippen molar-refractivity contribution in [3.05, 3.63) is 90.0 Å². The Morgan fingerprint density at radius 2 is 1.76 bits per heavy atom. The fourth-order valence-corrected chi connectivity index (χ4v) is 4.09. The van der Waals surface area contributed by atoms with E-state index in [1.54, 1.807) is 24.3 Å². The minimum absolute atomic E-state index is 0.154. The van der Waals surface area contributed by atoms with Crippen LogP contribution in [-0.4, -0.2) is 46.6 Å². The summed E-state index contributed by atoms with van der Waals surface area (Å²) in [7, 11) is 0. The Balaban J connectivity index is 1.60. The third kappa shape index (κ3) is 4.53. The van der Waals surface area contributed by atoms with Crippen molar-refractivity contribution < 1.29 is 23.9 Å². The Morgan fingerprint density at radius 3 is 2.42 bits per heavy atom. The smallest absolute Gasteiger partial charge is 0.422 e. The fourth-order valence-electron chi connectivity index (χ4n) is 4.09. The zero-order chi connectivity index (χ0) is 23.4. The number of carbonyl (C=O) groups is 3. The highest BCUT2D eigenvalue weighted by Gasteiger charge is 2.58. The van der Waals surface area contributed by atoms with Crippen LogP contribution in [0, 0.1) is 0 Å². The van der Waals surface area contributed by atoms with Crippen LogP contribution in [0.4, 0.5) is 9.59 Å². The second-order valence-electron chi connectivity index (χ2n) is 7.98. The molecule has 0 spiro atoms. The van der Waals surface area contributed by atoms with Crippen molar-refractivity contribution in [3.63, 3.8) is 0 Å². The van der Waals surface area contributed by atoms with Gasteiger partial charge < -0.3 is 9.47 Å². The molecule has 0 saturated carbocycles. The topological polar surface area (TPSA) is 76.2 Å². The molecule has 2 fully saturated rings. The Morgan fingerprint density at radius 1 is 1.09 bits per heavy atom. The number of ether oxygens (including phenoxy) is 2. The molecule has 2 aliphatic heterocycles. The van der Waals surface area contributed by atoms with E-state index in [1.807, 2.05) is 68.5 Å². The molecule has 2 aromatic carbocycles.